The second-order valence-corrected chi connectivity index (χ2v) is 6.39. The van der Waals surface area contributed by atoms with Crippen molar-refractivity contribution in [3.8, 4) is 0 Å². The van der Waals surface area contributed by atoms with Gasteiger partial charge in [-0.05, 0) is 33.1 Å². The molecule has 0 amide bonds. The van der Waals surface area contributed by atoms with E-state index < -0.39 is 0 Å². The standard InChI is InChI=1S/C15H18O3/c1-8-4-7-15-11(8)12-10(9(2)13(16)17-12)5-6-14(15,3)18-15/h4,10-12H,2,5-7H2,1,3H3/t10-,11?,12-,14-,15+/m0/s1. The first kappa shape index (κ1) is 10.8. The Morgan fingerprint density at radius 1 is 1.50 bits per heavy atom. The van der Waals surface area contributed by atoms with Gasteiger partial charge in [0.25, 0.3) is 0 Å². The van der Waals surface area contributed by atoms with Crippen molar-refractivity contribution in [2.24, 2.45) is 11.8 Å². The first-order chi connectivity index (χ1) is 8.48. The second kappa shape index (κ2) is 2.90. The summed E-state index contributed by atoms with van der Waals surface area (Å²) in [5, 5.41) is 0. The summed E-state index contributed by atoms with van der Waals surface area (Å²) >= 11 is 0. The zero-order valence-electron chi connectivity index (χ0n) is 10.9. The average molecular weight is 246 g/mol. The van der Waals surface area contributed by atoms with Gasteiger partial charge < -0.3 is 9.47 Å². The van der Waals surface area contributed by atoms with Gasteiger partial charge in [-0.1, -0.05) is 18.2 Å². The van der Waals surface area contributed by atoms with Crippen molar-refractivity contribution in [1.29, 1.82) is 0 Å². The monoisotopic (exact) mass is 246 g/mol. The van der Waals surface area contributed by atoms with Crippen molar-refractivity contribution in [3.63, 3.8) is 0 Å². The summed E-state index contributed by atoms with van der Waals surface area (Å²) < 4.78 is 11.8. The first-order valence-corrected chi connectivity index (χ1v) is 6.75. The van der Waals surface area contributed by atoms with Crippen LogP contribution in [0.5, 0.6) is 0 Å². The van der Waals surface area contributed by atoms with E-state index in [1.807, 2.05) is 0 Å². The summed E-state index contributed by atoms with van der Waals surface area (Å²) in [6.45, 7) is 8.27. The lowest BCUT2D eigenvalue weighted by Gasteiger charge is -2.26. The minimum atomic E-state index is -0.205. The lowest BCUT2D eigenvalue weighted by Crippen LogP contribution is -2.37. The van der Waals surface area contributed by atoms with E-state index in [1.54, 1.807) is 0 Å². The fourth-order valence-corrected chi connectivity index (χ4v) is 4.45. The maximum Gasteiger partial charge on any atom is 0.334 e. The van der Waals surface area contributed by atoms with Crippen LogP contribution >= 0.6 is 0 Å². The second-order valence-electron chi connectivity index (χ2n) is 6.39. The van der Waals surface area contributed by atoms with E-state index in [4.69, 9.17) is 9.47 Å². The van der Waals surface area contributed by atoms with E-state index >= 15 is 0 Å². The van der Waals surface area contributed by atoms with Crippen LogP contribution in [-0.4, -0.2) is 23.3 Å². The largest absolute Gasteiger partial charge is 0.458 e. The van der Waals surface area contributed by atoms with E-state index in [0.29, 0.717) is 5.57 Å². The summed E-state index contributed by atoms with van der Waals surface area (Å²) in [5.41, 5.74) is 1.86. The predicted molar refractivity (Wildman–Crippen MR) is 65.8 cm³/mol. The molecule has 1 saturated carbocycles. The molecule has 0 radical (unpaired) electrons. The van der Waals surface area contributed by atoms with Gasteiger partial charge in [0.15, 0.2) is 0 Å². The van der Waals surface area contributed by atoms with Gasteiger partial charge in [-0.2, -0.15) is 0 Å². The highest BCUT2D eigenvalue weighted by molar-refractivity contribution is 5.91. The summed E-state index contributed by atoms with van der Waals surface area (Å²) in [5.74, 6) is 0.219. The summed E-state index contributed by atoms with van der Waals surface area (Å²) in [6, 6.07) is 0. The van der Waals surface area contributed by atoms with Crippen LogP contribution < -0.4 is 0 Å². The minimum Gasteiger partial charge on any atom is -0.458 e. The van der Waals surface area contributed by atoms with Crippen molar-refractivity contribution in [2.45, 2.75) is 50.4 Å². The Morgan fingerprint density at radius 2 is 2.28 bits per heavy atom. The van der Waals surface area contributed by atoms with Gasteiger partial charge in [0, 0.05) is 17.4 Å². The lowest BCUT2D eigenvalue weighted by molar-refractivity contribution is -0.141. The third kappa shape index (κ3) is 0.993. The maximum absolute atomic E-state index is 11.8. The third-order valence-electron chi connectivity index (χ3n) is 5.59. The van der Waals surface area contributed by atoms with Crippen LogP contribution in [0.4, 0.5) is 0 Å². The quantitative estimate of drug-likeness (QED) is 0.285. The molecule has 2 saturated heterocycles. The highest BCUT2D eigenvalue weighted by Gasteiger charge is 2.75. The molecule has 2 heterocycles. The van der Waals surface area contributed by atoms with Crippen LogP contribution in [-0.2, 0) is 14.3 Å². The smallest absolute Gasteiger partial charge is 0.334 e. The molecule has 5 atom stereocenters. The number of carbonyl (C=O) groups is 1. The molecule has 3 nitrogen and oxygen atoms in total. The third-order valence-corrected chi connectivity index (χ3v) is 5.59. The molecule has 96 valence electrons. The average Bonchev–Trinajstić information content (AvgIpc) is 2.65. The van der Waals surface area contributed by atoms with Crippen LogP contribution in [0.2, 0.25) is 0 Å². The van der Waals surface area contributed by atoms with Gasteiger partial charge in [-0.25, -0.2) is 4.79 Å². The molecule has 4 rings (SSSR count). The maximum atomic E-state index is 11.8. The Morgan fingerprint density at radius 3 is 3.06 bits per heavy atom. The molecule has 4 aliphatic rings. The SMILES string of the molecule is C=C1C(=O)O[C@@H]2C3C(C)=CC[C@@]34O[C@@]4(C)CC[C@@H]12. The van der Waals surface area contributed by atoms with E-state index in [9.17, 15) is 4.79 Å². The van der Waals surface area contributed by atoms with Gasteiger partial charge in [0.05, 0.1) is 5.60 Å². The number of rotatable bonds is 0. The molecular weight excluding hydrogens is 228 g/mol. The number of esters is 1. The molecule has 0 aromatic heterocycles. The fourth-order valence-electron chi connectivity index (χ4n) is 4.45. The molecule has 0 aromatic rings. The Hall–Kier alpha value is -1.09. The van der Waals surface area contributed by atoms with Gasteiger partial charge >= 0.3 is 5.97 Å². The summed E-state index contributed by atoms with van der Waals surface area (Å²) in [6.07, 6.45) is 5.13. The summed E-state index contributed by atoms with van der Waals surface area (Å²) in [7, 11) is 0. The number of hydrogen-bond donors (Lipinski definition) is 0. The molecule has 1 unspecified atom stereocenters. The fraction of sp³-hybridized carbons (Fsp3) is 0.667. The zero-order valence-corrected chi connectivity index (χ0v) is 10.9. The predicted octanol–water partition coefficient (Wildman–Crippen LogP) is 2.37. The van der Waals surface area contributed by atoms with E-state index in [-0.39, 0.29) is 35.1 Å². The number of epoxide rings is 1. The Balaban J connectivity index is 1.81. The van der Waals surface area contributed by atoms with Crippen molar-refractivity contribution < 1.29 is 14.3 Å². The highest BCUT2D eigenvalue weighted by atomic mass is 16.6. The molecule has 0 aromatic carbocycles. The topological polar surface area (TPSA) is 38.8 Å². The van der Waals surface area contributed by atoms with Crippen molar-refractivity contribution in [2.75, 3.05) is 0 Å². The first-order valence-electron chi connectivity index (χ1n) is 6.75. The molecule has 0 N–H and O–H groups in total. The highest BCUT2D eigenvalue weighted by Crippen LogP contribution is 2.67. The summed E-state index contributed by atoms with van der Waals surface area (Å²) in [4.78, 5) is 11.8. The van der Waals surface area contributed by atoms with Crippen molar-refractivity contribution in [3.05, 3.63) is 23.8 Å². The van der Waals surface area contributed by atoms with Gasteiger partial charge in [-0.15, -0.1) is 0 Å². The molecule has 2 aliphatic heterocycles. The van der Waals surface area contributed by atoms with E-state index in [2.05, 4.69) is 26.5 Å². The molecule has 2 aliphatic carbocycles. The van der Waals surface area contributed by atoms with Gasteiger partial charge in [0.1, 0.15) is 11.7 Å². The van der Waals surface area contributed by atoms with Crippen LogP contribution in [0.25, 0.3) is 0 Å². The Bertz CT molecular complexity index is 506. The molecular formula is C15H18O3. The molecule has 0 bridgehead atoms. The van der Waals surface area contributed by atoms with Crippen LogP contribution in [0, 0.1) is 11.8 Å². The number of fused-ring (bicyclic) bond motifs is 2. The van der Waals surface area contributed by atoms with Gasteiger partial charge in [0.2, 0.25) is 0 Å². The van der Waals surface area contributed by atoms with Crippen molar-refractivity contribution >= 4 is 5.97 Å². The van der Waals surface area contributed by atoms with Crippen molar-refractivity contribution in [1.82, 2.24) is 0 Å². The zero-order chi connectivity index (χ0) is 12.7. The van der Waals surface area contributed by atoms with Crippen LogP contribution in [0.1, 0.15) is 33.1 Å². The molecule has 1 spiro atoms. The van der Waals surface area contributed by atoms with Crippen LogP contribution in [0.3, 0.4) is 0 Å². The Labute approximate surface area is 107 Å². The number of ether oxygens (including phenoxy) is 2. The molecule has 3 heteroatoms. The molecule has 18 heavy (non-hydrogen) atoms. The van der Waals surface area contributed by atoms with Crippen LogP contribution in [0.15, 0.2) is 23.8 Å². The Kier molecular flexibility index (Phi) is 1.74. The minimum absolute atomic E-state index is 0.0248. The van der Waals surface area contributed by atoms with Gasteiger partial charge in [-0.3, -0.25) is 0 Å². The lowest BCUT2D eigenvalue weighted by atomic mass is 9.78. The number of carbonyl (C=O) groups excluding carboxylic acids is 1. The van der Waals surface area contributed by atoms with E-state index in [0.717, 1.165) is 19.3 Å². The molecule has 3 fully saturated rings. The van der Waals surface area contributed by atoms with E-state index in [1.165, 1.54) is 5.57 Å². The number of hydrogen-bond acceptors (Lipinski definition) is 3. The normalized spacial score (nSPS) is 53.0.